The molecule has 1 aliphatic heterocycles. The SMILES string of the molecule is C[Si](C)(C)OP(=O)(COC(=O)CCN1c2ccccc2Oc2ccccc21)O[Si](C)(C)C. The van der Waals surface area contributed by atoms with Gasteiger partial charge in [0.15, 0.2) is 34.5 Å². The molecule has 174 valence electrons. The van der Waals surface area contributed by atoms with E-state index in [0.717, 1.165) is 22.9 Å². The average molecular weight is 494 g/mol. The van der Waals surface area contributed by atoms with Crippen molar-refractivity contribution in [2.24, 2.45) is 0 Å². The molecule has 0 fully saturated rings. The Morgan fingerprint density at radius 3 is 1.81 bits per heavy atom. The van der Waals surface area contributed by atoms with E-state index < -0.39 is 30.2 Å². The number of hydrogen-bond donors (Lipinski definition) is 0. The molecule has 0 aromatic heterocycles. The molecule has 0 atom stereocenters. The van der Waals surface area contributed by atoms with Gasteiger partial charge in [0.05, 0.1) is 17.8 Å². The quantitative estimate of drug-likeness (QED) is 0.218. The van der Waals surface area contributed by atoms with Gasteiger partial charge in [0.1, 0.15) is 0 Å². The van der Waals surface area contributed by atoms with Gasteiger partial charge in [-0.15, -0.1) is 0 Å². The third-order valence-corrected chi connectivity index (χ3v) is 11.3. The molecule has 0 unspecified atom stereocenters. The number of esters is 1. The second-order valence-corrected chi connectivity index (χ2v) is 21.0. The summed E-state index contributed by atoms with van der Waals surface area (Å²) in [4.78, 5) is 14.6. The second kappa shape index (κ2) is 9.53. The van der Waals surface area contributed by atoms with Crippen LogP contribution < -0.4 is 9.64 Å². The van der Waals surface area contributed by atoms with Crippen LogP contribution in [0.4, 0.5) is 11.4 Å². The maximum absolute atomic E-state index is 13.3. The first-order chi connectivity index (χ1) is 14.9. The molecule has 2 aromatic carbocycles. The van der Waals surface area contributed by atoms with Gasteiger partial charge >= 0.3 is 13.6 Å². The largest absolute Gasteiger partial charge is 0.453 e. The van der Waals surface area contributed by atoms with Crippen molar-refractivity contribution in [3.05, 3.63) is 48.5 Å². The molecule has 1 heterocycles. The van der Waals surface area contributed by atoms with Gasteiger partial charge < -0.3 is 22.8 Å². The van der Waals surface area contributed by atoms with E-state index >= 15 is 0 Å². The van der Waals surface area contributed by atoms with Crippen LogP contribution in [-0.2, 0) is 22.5 Å². The van der Waals surface area contributed by atoms with E-state index in [1.54, 1.807) is 0 Å². The van der Waals surface area contributed by atoms with Crippen molar-refractivity contribution in [1.29, 1.82) is 0 Å². The molecule has 2 aromatic rings. The molecule has 0 N–H and O–H groups in total. The summed E-state index contributed by atoms with van der Waals surface area (Å²) >= 11 is 0. The van der Waals surface area contributed by atoms with Crippen LogP contribution in [0.2, 0.25) is 39.3 Å². The summed E-state index contributed by atoms with van der Waals surface area (Å²) in [6.07, 6.45) is -0.251. The topological polar surface area (TPSA) is 74.3 Å². The van der Waals surface area contributed by atoms with E-state index in [9.17, 15) is 9.36 Å². The number of rotatable bonds is 9. The Kier molecular flexibility index (Phi) is 7.36. The molecule has 0 saturated heterocycles. The molecule has 0 aliphatic carbocycles. The van der Waals surface area contributed by atoms with E-state index in [-0.39, 0.29) is 12.8 Å². The first-order valence-electron chi connectivity index (χ1n) is 10.6. The van der Waals surface area contributed by atoms with Crippen LogP contribution in [0, 0.1) is 0 Å². The third kappa shape index (κ3) is 6.79. The molecule has 0 bridgehead atoms. The second-order valence-electron chi connectivity index (χ2n) is 9.60. The maximum Gasteiger partial charge on any atom is 0.348 e. The molecule has 0 spiro atoms. The Morgan fingerprint density at radius 2 is 1.34 bits per heavy atom. The number of nitrogens with zero attached hydrogens (tertiary/aromatic N) is 1. The third-order valence-electron chi connectivity index (χ3n) is 4.28. The molecule has 10 heteroatoms. The molecule has 3 rings (SSSR count). The smallest absolute Gasteiger partial charge is 0.348 e. The lowest BCUT2D eigenvalue weighted by Gasteiger charge is -2.32. The normalized spacial score (nSPS) is 13.8. The zero-order valence-corrected chi connectivity index (χ0v) is 22.5. The van der Waals surface area contributed by atoms with E-state index in [0.29, 0.717) is 6.54 Å². The van der Waals surface area contributed by atoms with Crippen LogP contribution in [0.25, 0.3) is 0 Å². The highest BCUT2D eigenvalue weighted by Crippen LogP contribution is 2.53. The van der Waals surface area contributed by atoms with Gasteiger partial charge in [0.2, 0.25) is 0 Å². The van der Waals surface area contributed by atoms with Gasteiger partial charge in [-0.25, -0.2) is 0 Å². The van der Waals surface area contributed by atoms with Crippen molar-refractivity contribution in [3.8, 4) is 11.5 Å². The van der Waals surface area contributed by atoms with Crippen LogP contribution in [0.5, 0.6) is 11.5 Å². The molecule has 0 amide bonds. The van der Waals surface area contributed by atoms with E-state index in [2.05, 4.69) is 0 Å². The van der Waals surface area contributed by atoms with E-state index in [1.165, 1.54) is 0 Å². The molecule has 1 aliphatic rings. The summed E-state index contributed by atoms with van der Waals surface area (Å²) in [7, 11) is -7.87. The van der Waals surface area contributed by atoms with Gasteiger partial charge in [-0.05, 0) is 63.5 Å². The first kappa shape index (κ1) is 24.7. The summed E-state index contributed by atoms with van der Waals surface area (Å²) in [5.74, 6) is 1.01. The van der Waals surface area contributed by atoms with E-state index in [1.807, 2.05) is 92.7 Å². The molecular weight excluding hydrogens is 461 g/mol. The van der Waals surface area contributed by atoms with Crippen LogP contribution in [0.3, 0.4) is 0 Å². The zero-order valence-electron chi connectivity index (χ0n) is 19.6. The predicted molar refractivity (Wildman–Crippen MR) is 132 cm³/mol. The summed E-state index contributed by atoms with van der Waals surface area (Å²) in [5.41, 5.74) is 1.77. The first-order valence-corrected chi connectivity index (χ1v) is 19.2. The standard InChI is InChI=1S/C22H32NO6PSi2/c1-31(2,3)28-30(25,29-32(4,5)6)17-26-22(24)15-16-23-18-11-7-9-13-20(18)27-21-14-10-8-12-19(21)23/h7-14H,15-17H2,1-6H3. The summed E-state index contributed by atoms with van der Waals surface area (Å²) in [5, 5.41) is 0. The summed E-state index contributed by atoms with van der Waals surface area (Å²) in [6.45, 7) is 12.0. The lowest BCUT2D eigenvalue weighted by Crippen LogP contribution is -2.31. The fourth-order valence-electron chi connectivity index (χ4n) is 3.35. The van der Waals surface area contributed by atoms with Crippen LogP contribution in [0.1, 0.15) is 6.42 Å². The Bertz CT molecular complexity index is 952. The van der Waals surface area contributed by atoms with Gasteiger partial charge in [-0.1, -0.05) is 24.3 Å². The lowest BCUT2D eigenvalue weighted by atomic mass is 10.1. The Morgan fingerprint density at radius 1 is 0.875 bits per heavy atom. The van der Waals surface area contributed by atoms with Crippen LogP contribution in [-0.4, -0.2) is 35.5 Å². The van der Waals surface area contributed by atoms with Crippen molar-refractivity contribution in [1.82, 2.24) is 0 Å². The Labute approximate surface area is 192 Å². The van der Waals surface area contributed by atoms with E-state index in [4.69, 9.17) is 17.9 Å². The minimum atomic E-state index is -3.53. The number of fused-ring (bicyclic) bond motifs is 2. The molecule has 7 nitrogen and oxygen atoms in total. The highest BCUT2D eigenvalue weighted by molar-refractivity contribution is 7.56. The van der Waals surface area contributed by atoms with Crippen molar-refractivity contribution in [2.45, 2.75) is 45.7 Å². The number of para-hydroxylation sites is 4. The molecule has 32 heavy (non-hydrogen) atoms. The molecule has 0 saturated carbocycles. The average Bonchev–Trinajstić information content (AvgIpc) is 2.66. The summed E-state index contributed by atoms with van der Waals surface area (Å²) < 4.78 is 36.4. The number of anilines is 2. The van der Waals surface area contributed by atoms with Crippen molar-refractivity contribution < 1.29 is 27.3 Å². The number of ether oxygens (including phenoxy) is 2. The number of carbonyl (C=O) groups excluding carboxylic acids is 1. The van der Waals surface area contributed by atoms with Gasteiger partial charge in [-0.3, -0.25) is 9.36 Å². The number of hydrogen-bond acceptors (Lipinski definition) is 7. The zero-order chi connectivity index (χ0) is 23.6. The van der Waals surface area contributed by atoms with Crippen molar-refractivity contribution in [3.63, 3.8) is 0 Å². The Balaban J connectivity index is 1.68. The highest BCUT2D eigenvalue weighted by Gasteiger charge is 2.38. The minimum Gasteiger partial charge on any atom is -0.453 e. The lowest BCUT2D eigenvalue weighted by molar-refractivity contribution is -0.141. The molecule has 0 radical (unpaired) electrons. The monoisotopic (exact) mass is 493 g/mol. The van der Waals surface area contributed by atoms with Gasteiger partial charge in [0.25, 0.3) is 0 Å². The minimum absolute atomic E-state index is 0.114. The Hall–Kier alpha value is -1.91. The fraction of sp³-hybridized carbons (Fsp3) is 0.409. The number of carbonyl (C=O) groups is 1. The van der Waals surface area contributed by atoms with Gasteiger partial charge in [0, 0.05) is 6.54 Å². The van der Waals surface area contributed by atoms with Crippen molar-refractivity contribution >= 4 is 41.6 Å². The van der Waals surface area contributed by atoms with Crippen LogP contribution >= 0.6 is 7.60 Å². The van der Waals surface area contributed by atoms with Crippen LogP contribution in [0.15, 0.2) is 48.5 Å². The highest BCUT2D eigenvalue weighted by atomic mass is 31.2. The van der Waals surface area contributed by atoms with Gasteiger partial charge in [-0.2, -0.15) is 0 Å². The predicted octanol–water partition coefficient (Wildman–Crippen LogP) is 6.72. The molecular formula is C22H32NO6PSi2. The van der Waals surface area contributed by atoms with Crippen molar-refractivity contribution in [2.75, 3.05) is 17.8 Å². The maximum atomic E-state index is 13.3. The summed E-state index contributed by atoms with van der Waals surface area (Å²) in [6, 6.07) is 15.4. The fourth-order valence-corrected chi connectivity index (χ4v) is 11.2. The number of benzene rings is 2.